The van der Waals surface area contributed by atoms with Gasteiger partial charge in [-0.05, 0) is 99.7 Å². The summed E-state index contributed by atoms with van der Waals surface area (Å²) in [5.41, 5.74) is 8.33. The highest BCUT2D eigenvalue weighted by Gasteiger charge is 2.41. The minimum absolute atomic E-state index is 0.00363. The van der Waals surface area contributed by atoms with Crippen molar-refractivity contribution < 1.29 is 4.79 Å². The van der Waals surface area contributed by atoms with Crippen molar-refractivity contribution >= 4 is 49.6 Å². The molecule has 2 unspecified atom stereocenters. The Kier molecular flexibility index (Phi) is 6.62. The third-order valence-corrected chi connectivity index (χ3v) is 11.4. The number of carbonyl (C=O) groups is 1. The van der Waals surface area contributed by atoms with Crippen LogP contribution >= 0.6 is 0 Å². The molecular formula is C43H40N2O. The predicted molar refractivity (Wildman–Crippen MR) is 192 cm³/mol. The molecule has 9 rings (SSSR count). The van der Waals surface area contributed by atoms with E-state index in [0.29, 0.717) is 11.8 Å². The Morgan fingerprint density at radius 1 is 0.652 bits per heavy atom. The zero-order valence-electron chi connectivity index (χ0n) is 26.6. The first-order valence-corrected chi connectivity index (χ1v) is 17.3. The Labute approximate surface area is 271 Å². The molecule has 0 aromatic heterocycles. The summed E-state index contributed by atoms with van der Waals surface area (Å²) in [6.45, 7) is 4.08. The highest BCUT2D eigenvalue weighted by atomic mass is 16.2. The van der Waals surface area contributed by atoms with E-state index in [9.17, 15) is 4.79 Å². The molecule has 1 amide bonds. The van der Waals surface area contributed by atoms with E-state index in [1.54, 1.807) is 5.56 Å². The molecule has 0 saturated carbocycles. The number of anilines is 2. The second kappa shape index (κ2) is 11.0. The van der Waals surface area contributed by atoms with Gasteiger partial charge in [0, 0.05) is 35.9 Å². The van der Waals surface area contributed by atoms with Gasteiger partial charge in [-0.3, -0.25) is 4.79 Å². The van der Waals surface area contributed by atoms with Crippen LogP contribution in [0.15, 0.2) is 109 Å². The number of para-hydroxylation sites is 1. The Morgan fingerprint density at radius 2 is 1.35 bits per heavy atom. The van der Waals surface area contributed by atoms with Gasteiger partial charge in [0.2, 0.25) is 5.91 Å². The fraction of sp³-hybridized carbons (Fsp3) is 0.279. The quantitative estimate of drug-likeness (QED) is 0.188. The predicted octanol–water partition coefficient (Wildman–Crippen LogP) is 9.93. The van der Waals surface area contributed by atoms with Crippen LogP contribution < -0.4 is 9.80 Å². The van der Waals surface area contributed by atoms with Gasteiger partial charge >= 0.3 is 0 Å². The minimum atomic E-state index is 0.00363. The molecule has 6 aromatic carbocycles. The normalized spacial score (nSPS) is 20.1. The molecular weight excluding hydrogens is 560 g/mol. The van der Waals surface area contributed by atoms with Crippen molar-refractivity contribution in [3.8, 4) is 0 Å². The molecule has 3 nitrogen and oxygen atoms in total. The molecule has 228 valence electrons. The first-order chi connectivity index (χ1) is 22.7. The zero-order valence-corrected chi connectivity index (χ0v) is 26.6. The number of benzene rings is 6. The van der Waals surface area contributed by atoms with Crippen LogP contribution in [0.5, 0.6) is 0 Å². The van der Waals surface area contributed by atoms with E-state index >= 15 is 0 Å². The molecule has 6 aromatic rings. The average molecular weight is 601 g/mol. The van der Waals surface area contributed by atoms with Gasteiger partial charge < -0.3 is 9.80 Å². The van der Waals surface area contributed by atoms with Crippen LogP contribution in [0.1, 0.15) is 66.7 Å². The van der Waals surface area contributed by atoms with Gasteiger partial charge in [-0.25, -0.2) is 0 Å². The van der Waals surface area contributed by atoms with Gasteiger partial charge in [0.25, 0.3) is 0 Å². The van der Waals surface area contributed by atoms with E-state index in [2.05, 4.69) is 126 Å². The number of hydrogen-bond donors (Lipinski definition) is 0. The molecule has 0 bridgehead atoms. The smallest absolute Gasteiger partial charge is 0.234 e. The zero-order chi connectivity index (χ0) is 30.8. The SMILES string of the molecule is CCC1C(=O)N(C2CCN(c3c(C4CCc5c(ccc6c5ccc5ccccc56)C4)ccc4ccccc34)CC2)c2ccccc21. The maximum atomic E-state index is 13.6. The largest absolute Gasteiger partial charge is 0.371 e. The van der Waals surface area contributed by atoms with Crippen molar-refractivity contribution in [1.29, 1.82) is 0 Å². The van der Waals surface area contributed by atoms with Crippen molar-refractivity contribution in [1.82, 2.24) is 0 Å². The van der Waals surface area contributed by atoms with E-state index in [4.69, 9.17) is 0 Å². The molecule has 2 aliphatic heterocycles. The summed E-state index contributed by atoms with van der Waals surface area (Å²) in [4.78, 5) is 18.5. The number of nitrogens with zero attached hydrogens (tertiary/aromatic N) is 2. The van der Waals surface area contributed by atoms with Crippen LogP contribution in [0.3, 0.4) is 0 Å². The molecule has 2 heterocycles. The topological polar surface area (TPSA) is 23.6 Å². The van der Waals surface area contributed by atoms with Crippen molar-refractivity contribution in [2.75, 3.05) is 22.9 Å². The fourth-order valence-corrected chi connectivity index (χ4v) is 9.13. The van der Waals surface area contributed by atoms with Crippen LogP contribution in [0, 0.1) is 0 Å². The molecule has 3 aliphatic rings. The van der Waals surface area contributed by atoms with Crippen LogP contribution in [-0.4, -0.2) is 25.0 Å². The summed E-state index contributed by atoms with van der Waals surface area (Å²) < 4.78 is 0. The minimum Gasteiger partial charge on any atom is -0.371 e. The average Bonchev–Trinajstić information content (AvgIpc) is 3.41. The van der Waals surface area contributed by atoms with Gasteiger partial charge in [-0.2, -0.15) is 0 Å². The van der Waals surface area contributed by atoms with E-state index in [1.807, 2.05) is 0 Å². The maximum absolute atomic E-state index is 13.6. The molecule has 0 radical (unpaired) electrons. The second-order valence-corrected chi connectivity index (χ2v) is 13.7. The van der Waals surface area contributed by atoms with Gasteiger partial charge in [-0.1, -0.05) is 110 Å². The lowest BCUT2D eigenvalue weighted by Gasteiger charge is -2.40. The number of amides is 1. The highest BCUT2D eigenvalue weighted by molar-refractivity contribution is 6.09. The van der Waals surface area contributed by atoms with Gasteiger partial charge in [0.1, 0.15) is 0 Å². The van der Waals surface area contributed by atoms with E-state index in [0.717, 1.165) is 57.3 Å². The van der Waals surface area contributed by atoms with Crippen molar-refractivity contribution in [3.63, 3.8) is 0 Å². The second-order valence-electron chi connectivity index (χ2n) is 13.7. The Hall–Kier alpha value is -4.63. The van der Waals surface area contributed by atoms with Crippen LogP contribution in [0.25, 0.3) is 32.3 Å². The molecule has 1 fully saturated rings. The number of piperidine rings is 1. The van der Waals surface area contributed by atoms with E-state index < -0.39 is 0 Å². The van der Waals surface area contributed by atoms with E-state index in [1.165, 1.54) is 54.7 Å². The van der Waals surface area contributed by atoms with Crippen LogP contribution in [0.4, 0.5) is 11.4 Å². The van der Waals surface area contributed by atoms with Crippen LogP contribution in [-0.2, 0) is 17.6 Å². The molecule has 1 aliphatic carbocycles. The molecule has 46 heavy (non-hydrogen) atoms. The first-order valence-electron chi connectivity index (χ1n) is 17.3. The van der Waals surface area contributed by atoms with Crippen LogP contribution in [0.2, 0.25) is 0 Å². The van der Waals surface area contributed by atoms with Crippen molar-refractivity contribution in [2.24, 2.45) is 0 Å². The number of carbonyl (C=O) groups excluding carboxylic acids is 1. The lowest BCUT2D eigenvalue weighted by Crippen LogP contribution is -2.47. The van der Waals surface area contributed by atoms with Crippen molar-refractivity contribution in [3.05, 3.63) is 131 Å². The number of hydrogen-bond acceptors (Lipinski definition) is 2. The number of aryl methyl sites for hydroxylation is 1. The maximum Gasteiger partial charge on any atom is 0.234 e. The van der Waals surface area contributed by atoms with Gasteiger partial charge in [-0.15, -0.1) is 0 Å². The third kappa shape index (κ3) is 4.28. The standard InChI is InChI=1S/C43H40N2O/c1-2-33-40-13-7-8-14-41(40)45(43(33)46)32-23-25-44(26-24-32)42-36-12-6-4-10-29(36)15-20-37(42)31-17-19-35-30(27-31)18-22-38-34-11-5-3-9-28(34)16-21-39(35)38/h3-16,18,20-22,31-33H,2,17,19,23-27H2,1H3. The number of fused-ring (bicyclic) bond motifs is 7. The molecule has 3 heteroatoms. The van der Waals surface area contributed by atoms with Crippen molar-refractivity contribution in [2.45, 2.75) is 63.3 Å². The molecule has 2 atom stereocenters. The third-order valence-electron chi connectivity index (χ3n) is 11.4. The van der Waals surface area contributed by atoms with E-state index in [-0.39, 0.29) is 12.0 Å². The fourth-order valence-electron chi connectivity index (χ4n) is 9.13. The molecule has 1 saturated heterocycles. The molecule has 0 N–H and O–H groups in total. The summed E-state index contributed by atoms with van der Waals surface area (Å²) in [5, 5.41) is 8.16. The molecule has 0 spiro atoms. The Balaban J connectivity index is 1.04. The summed E-state index contributed by atoms with van der Waals surface area (Å²) >= 11 is 0. The lowest BCUT2D eigenvalue weighted by molar-refractivity contribution is -0.119. The summed E-state index contributed by atoms with van der Waals surface area (Å²) in [6.07, 6.45) is 6.20. The Bertz CT molecular complexity index is 2140. The first kappa shape index (κ1) is 27.7. The van der Waals surface area contributed by atoms with Gasteiger partial charge in [0.05, 0.1) is 5.92 Å². The van der Waals surface area contributed by atoms with Gasteiger partial charge in [0.15, 0.2) is 0 Å². The monoisotopic (exact) mass is 600 g/mol. The Morgan fingerprint density at radius 3 is 2.17 bits per heavy atom. The number of rotatable bonds is 4. The summed E-state index contributed by atoms with van der Waals surface area (Å²) in [5.74, 6) is 0.790. The summed E-state index contributed by atoms with van der Waals surface area (Å²) in [7, 11) is 0. The highest BCUT2D eigenvalue weighted by Crippen LogP contribution is 2.45. The lowest BCUT2D eigenvalue weighted by atomic mass is 9.77. The summed E-state index contributed by atoms with van der Waals surface area (Å²) in [6, 6.07) is 40.6.